The van der Waals surface area contributed by atoms with Gasteiger partial charge in [-0.2, -0.15) is 0 Å². The Morgan fingerprint density at radius 1 is 1.29 bits per heavy atom. The van der Waals surface area contributed by atoms with Gasteiger partial charge in [0.1, 0.15) is 0 Å². The quantitative estimate of drug-likeness (QED) is 0.833. The highest BCUT2D eigenvalue weighted by Gasteiger charge is 2.28. The molecule has 0 spiro atoms. The highest BCUT2D eigenvalue weighted by atomic mass is 79.9. The molecule has 1 aliphatic heterocycles. The molecule has 21 heavy (non-hydrogen) atoms. The Morgan fingerprint density at radius 2 is 2.05 bits per heavy atom. The molecular formula is C15H13BrN2O2S. The van der Waals surface area contributed by atoms with Gasteiger partial charge in [-0.05, 0) is 50.1 Å². The van der Waals surface area contributed by atoms with Crippen molar-refractivity contribution in [3.63, 3.8) is 0 Å². The molecule has 1 aromatic heterocycles. The average molecular weight is 365 g/mol. The van der Waals surface area contributed by atoms with Crippen molar-refractivity contribution in [3.05, 3.63) is 55.7 Å². The maximum Gasteiger partial charge on any atom is 0.260 e. The number of amides is 2. The second kappa shape index (κ2) is 5.36. The molecule has 0 fully saturated rings. The lowest BCUT2D eigenvalue weighted by atomic mass is 9.93. The summed E-state index contributed by atoms with van der Waals surface area (Å²) in [6, 6.07) is 7.22. The van der Waals surface area contributed by atoms with Crippen molar-refractivity contribution < 1.29 is 9.59 Å². The number of carbonyl (C=O) groups excluding carboxylic acids is 2. The first-order chi connectivity index (χ1) is 9.97. The number of nitrogens with zero attached hydrogens (tertiary/aromatic N) is 1. The van der Waals surface area contributed by atoms with Crippen LogP contribution in [0.3, 0.4) is 0 Å². The van der Waals surface area contributed by atoms with Crippen LogP contribution in [0.2, 0.25) is 0 Å². The zero-order chi connectivity index (χ0) is 15.1. The minimum Gasteiger partial charge on any atom is -0.320 e. The van der Waals surface area contributed by atoms with Crippen LogP contribution in [0.25, 0.3) is 0 Å². The maximum absolute atomic E-state index is 12.2. The predicted molar refractivity (Wildman–Crippen MR) is 85.3 cm³/mol. The van der Waals surface area contributed by atoms with Crippen LogP contribution in [0.15, 0.2) is 33.4 Å². The highest BCUT2D eigenvalue weighted by Crippen LogP contribution is 2.30. The van der Waals surface area contributed by atoms with E-state index in [-0.39, 0.29) is 24.3 Å². The van der Waals surface area contributed by atoms with Crippen molar-refractivity contribution in [3.8, 4) is 0 Å². The minimum absolute atomic E-state index is 0.175. The predicted octanol–water partition coefficient (Wildman–Crippen LogP) is 2.71. The summed E-state index contributed by atoms with van der Waals surface area (Å²) in [4.78, 5) is 25.1. The van der Waals surface area contributed by atoms with Crippen molar-refractivity contribution in [2.45, 2.75) is 12.5 Å². The van der Waals surface area contributed by atoms with Gasteiger partial charge in [0.15, 0.2) is 0 Å². The van der Waals surface area contributed by atoms with E-state index in [1.54, 1.807) is 17.4 Å². The zero-order valence-corrected chi connectivity index (χ0v) is 13.7. The number of imide groups is 1. The molecule has 1 aromatic carbocycles. The first kappa shape index (κ1) is 14.4. The number of fused-ring (bicyclic) bond motifs is 1. The molecule has 2 amide bonds. The van der Waals surface area contributed by atoms with E-state index >= 15 is 0 Å². The van der Waals surface area contributed by atoms with Gasteiger partial charge in [0, 0.05) is 12.6 Å². The molecule has 1 aliphatic rings. The Balaban J connectivity index is 2.00. The van der Waals surface area contributed by atoms with E-state index in [1.165, 1.54) is 11.9 Å². The fourth-order valence-corrected chi connectivity index (χ4v) is 3.61. The zero-order valence-electron chi connectivity index (χ0n) is 11.3. The summed E-state index contributed by atoms with van der Waals surface area (Å²) < 4.78 is 1.02. The van der Waals surface area contributed by atoms with Crippen molar-refractivity contribution in [1.82, 2.24) is 4.90 Å². The fraction of sp³-hybridized carbons (Fsp3) is 0.200. The number of hydrogen-bond donors (Lipinski definition) is 1. The van der Waals surface area contributed by atoms with Crippen LogP contribution in [0.5, 0.6) is 0 Å². The molecule has 4 nitrogen and oxygen atoms in total. The number of nitrogens with two attached hydrogens (primary N) is 1. The smallest absolute Gasteiger partial charge is 0.260 e. The third-order valence-corrected chi connectivity index (χ3v) is 5.21. The summed E-state index contributed by atoms with van der Waals surface area (Å²) in [7, 11) is 1.51. The molecule has 0 aliphatic carbocycles. The number of hydrogen-bond acceptors (Lipinski definition) is 4. The van der Waals surface area contributed by atoms with Crippen LogP contribution >= 0.6 is 27.3 Å². The molecule has 1 unspecified atom stereocenters. The Bertz CT molecular complexity index is 741. The lowest BCUT2D eigenvalue weighted by molar-refractivity contribution is -0.127. The largest absolute Gasteiger partial charge is 0.320 e. The van der Waals surface area contributed by atoms with Crippen LogP contribution in [-0.2, 0) is 11.2 Å². The van der Waals surface area contributed by atoms with Gasteiger partial charge in [0.25, 0.3) is 5.91 Å². The first-order valence-corrected chi connectivity index (χ1v) is 8.08. The van der Waals surface area contributed by atoms with E-state index in [1.807, 2.05) is 23.6 Å². The summed E-state index contributed by atoms with van der Waals surface area (Å²) in [5.41, 5.74) is 9.47. The van der Waals surface area contributed by atoms with Crippen molar-refractivity contribution in [1.29, 1.82) is 0 Å². The SMILES string of the molecule is CN1C(=O)Cc2ccc(C(N)c3csc(Br)c3)cc2C1=O. The van der Waals surface area contributed by atoms with Crippen LogP contribution in [0.1, 0.15) is 33.1 Å². The van der Waals surface area contributed by atoms with Crippen molar-refractivity contribution in [2.24, 2.45) is 5.73 Å². The summed E-state index contributed by atoms with van der Waals surface area (Å²) in [5, 5.41) is 1.99. The molecule has 2 aromatic rings. The normalized spacial score (nSPS) is 16.0. The standard InChI is InChI=1S/C15H13BrN2O2S/c1-18-13(19)6-8-2-3-9(4-11(8)15(18)20)14(17)10-5-12(16)21-7-10/h2-5,7,14H,6,17H2,1H3. The number of carbonyl (C=O) groups is 2. The van der Waals surface area contributed by atoms with E-state index in [0.29, 0.717) is 5.56 Å². The van der Waals surface area contributed by atoms with Gasteiger partial charge in [-0.1, -0.05) is 12.1 Å². The van der Waals surface area contributed by atoms with E-state index < -0.39 is 0 Å². The topological polar surface area (TPSA) is 63.4 Å². The molecule has 0 bridgehead atoms. The Kier molecular flexibility index (Phi) is 3.69. The number of benzene rings is 1. The van der Waals surface area contributed by atoms with Gasteiger partial charge in [-0.3, -0.25) is 14.5 Å². The fourth-order valence-electron chi connectivity index (χ4n) is 2.40. The van der Waals surface area contributed by atoms with Crippen molar-refractivity contribution >= 4 is 39.1 Å². The van der Waals surface area contributed by atoms with Gasteiger partial charge in [-0.15, -0.1) is 11.3 Å². The molecule has 6 heteroatoms. The van der Waals surface area contributed by atoms with E-state index in [2.05, 4.69) is 15.9 Å². The molecule has 108 valence electrons. The lowest BCUT2D eigenvalue weighted by Gasteiger charge is -2.24. The third-order valence-electron chi connectivity index (χ3n) is 3.69. The summed E-state index contributed by atoms with van der Waals surface area (Å²) in [6.07, 6.45) is 0.261. The summed E-state index contributed by atoms with van der Waals surface area (Å²) in [6.45, 7) is 0. The molecule has 1 atom stereocenters. The number of likely N-dealkylation sites (N-methyl/N-ethyl adjacent to an activating group) is 1. The molecular weight excluding hydrogens is 352 g/mol. The Hall–Kier alpha value is -1.50. The lowest BCUT2D eigenvalue weighted by Crippen LogP contribution is -2.39. The second-order valence-electron chi connectivity index (χ2n) is 5.01. The summed E-state index contributed by atoms with van der Waals surface area (Å²) in [5.74, 6) is -0.437. The third kappa shape index (κ3) is 2.54. The summed E-state index contributed by atoms with van der Waals surface area (Å²) >= 11 is 5.00. The second-order valence-corrected chi connectivity index (χ2v) is 7.30. The molecule has 2 N–H and O–H groups in total. The average Bonchev–Trinajstić information content (AvgIpc) is 2.90. The first-order valence-electron chi connectivity index (χ1n) is 6.40. The van der Waals surface area contributed by atoms with E-state index in [9.17, 15) is 9.59 Å². The van der Waals surface area contributed by atoms with Crippen LogP contribution in [0.4, 0.5) is 0 Å². The van der Waals surface area contributed by atoms with Crippen molar-refractivity contribution in [2.75, 3.05) is 7.05 Å². The minimum atomic E-state index is -0.284. The number of rotatable bonds is 2. The highest BCUT2D eigenvalue weighted by molar-refractivity contribution is 9.11. The number of halogens is 1. The van der Waals surface area contributed by atoms with Gasteiger partial charge < -0.3 is 5.73 Å². The van der Waals surface area contributed by atoms with Gasteiger partial charge in [0.2, 0.25) is 5.91 Å². The van der Waals surface area contributed by atoms with Crippen LogP contribution < -0.4 is 5.73 Å². The van der Waals surface area contributed by atoms with E-state index in [0.717, 1.165) is 20.5 Å². The van der Waals surface area contributed by atoms with Crippen LogP contribution in [0, 0.1) is 0 Å². The van der Waals surface area contributed by atoms with Gasteiger partial charge >= 0.3 is 0 Å². The Labute approximate surface area is 134 Å². The maximum atomic E-state index is 12.2. The van der Waals surface area contributed by atoms with Crippen LogP contribution in [-0.4, -0.2) is 23.8 Å². The van der Waals surface area contributed by atoms with E-state index in [4.69, 9.17) is 5.73 Å². The Morgan fingerprint density at radius 3 is 2.71 bits per heavy atom. The van der Waals surface area contributed by atoms with Gasteiger partial charge in [0.05, 0.1) is 16.2 Å². The van der Waals surface area contributed by atoms with Gasteiger partial charge in [-0.25, -0.2) is 0 Å². The molecule has 0 saturated carbocycles. The number of thiophene rings is 1. The molecule has 0 radical (unpaired) electrons. The molecule has 3 rings (SSSR count). The molecule has 2 heterocycles. The monoisotopic (exact) mass is 364 g/mol. The molecule has 0 saturated heterocycles.